The van der Waals surface area contributed by atoms with Crippen molar-refractivity contribution in [3.63, 3.8) is 0 Å². The molecule has 7 nitrogen and oxygen atoms in total. The zero-order valence-electron chi connectivity index (χ0n) is 12.3. The summed E-state index contributed by atoms with van der Waals surface area (Å²) >= 11 is 0. The zero-order valence-corrected chi connectivity index (χ0v) is 13.1. The Hall–Kier alpha value is -2.19. The van der Waals surface area contributed by atoms with Crippen LogP contribution in [0.3, 0.4) is 0 Å². The standard InChI is InChI=1S/C14H17N3O4S/c1-11-3-5-13(6-4-11)22(19,20)16-9-14(18)17(2)10-12-7-8-15-21-12/h3-8,16H,9-10H2,1-2H3. The molecule has 1 aromatic heterocycles. The Bertz CT molecular complexity index is 724. The fourth-order valence-corrected chi connectivity index (χ4v) is 2.71. The first kappa shape index (κ1) is 16.2. The van der Waals surface area contributed by atoms with E-state index in [1.165, 1.54) is 23.2 Å². The fourth-order valence-electron chi connectivity index (χ4n) is 1.74. The Morgan fingerprint density at radius 3 is 2.55 bits per heavy atom. The topological polar surface area (TPSA) is 92.5 Å². The van der Waals surface area contributed by atoms with Gasteiger partial charge in [-0.1, -0.05) is 22.9 Å². The van der Waals surface area contributed by atoms with Gasteiger partial charge in [-0.2, -0.15) is 0 Å². The molecule has 0 bridgehead atoms. The van der Waals surface area contributed by atoms with Crippen molar-refractivity contribution in [2.45, 2.75) is 18.4 Å². The van der Waals surface area contributed by atoms with Crippen molar-refractivity contribution in [2.75, 3.05) is 13.6 Å². The molecule has 1 N–H and O–H groups in total. The predicted octanol–water partition coefficient (Wildman–Crippen LogP) is 0.920. The molecular weight excluding hydrogens is 306 g/mol. The quantitative estimate of drug-likeness (QED) is 0.853. The van der Waals surface area contributed by atoms with Crippen molar-refractivity contribution in [2.24, 2.45) is 0 Å². The molecular formula is C14H17N3O4S. The normalized spacial score (nSPS) is 11.4. The van der Waals surface area contributed by atoms with Crippen molar-refractivity contribution < 1.29 is 17.7 Å². The number of hydrogen-bond acceptors (Lipinski definition) is 5. The van der Waals surface area contributed by atoms with Crippen LogP contribution < -0.4 is 4.72 Å². The lowest BCUT2D eigenvalue weighted by Crippen LogP contribution is -2.37. The molecule has 0 aliphatic carbocycles. The lowest BCUT2D eigenvalue weighted by atomic mass is 10.2. The summed E-state index contributed by atoms with van der Waals surface area (Å²) in [5.41, 5.74) is 0.960. The summed E-state index contributed by atoms with van der Waals surface area (Å²) in [6, 6.07) is 8.04. The van der Waals surface area contributed by atoms with Crippen molar-refractivity contribution >= 4 is 15.9 Å². The maximum absolute atomic E-state index is 12.1. The molecule has 0 spiro atoms. The molecule has 1 aromatic carbocycles. The summed E-state index contributed by atoms with van der Waals surface area (Å²) in [5, 5.41) is 3.54. The van der Waals surface area contributed by atoms with E-state index in [2.05, 4.69) is 9.88 Å². The van der Waals surface area contributed by atoms with Crippen LogP contribution in [0.2, 0.25) is 0 Å². The van der Waals surface area contributed by atoms with Gasteiger partial charge in [0.25, 0.3) is 0 Å². The monoisotopic (exact) mass is 323 g/mol. The third-order valence-electron chi connectivity index (χ3n) is 3.05. The highest BCUT2D eigenvalue weighted by atomic mass is 32.2. The second-order valence-corrected chi connectivity index (χ2v) is 6.63. The van der Waals surface area contributed by atoms with Crippen LogP contribution in [-0.4, -0.2) is 38.0 Å². The summed E-state index contributed by atoms with van der Waals surface area (Å²) in [7, 11) is -2.14. The minimum atomic E-state index is -3.70. The Kier molecular flexibility index (Phi) is 4.94. The smallest absolute Gasteiger partial charge is 0.241 e. The molecule has 0 aliphatic heterocycles. The maximum Gasteiger partial charge on any atom is 0.241 e. The molecule has 0 fully saturated rings. The molecule has 1 heterocycles. The Balaban J connectivity index is 1.93. The van der Waals surface area contributed by atoms with Gasteiger partial charge in [0.15, 0.2) is 5.76 Å². The second-order valence-electron chi connectivity index (χ2n) is 4.87. The Labute approximate surface area is 129 Å². The number of hydrogen-bond donors (Lipinski definition) is 1. The third-order valence-corrected chi connectivity index (χ3v) is 4.47. The van der Waals surface area contributed by atoms with Gasteiger partial charge in [0.2, 0.25) is 15.9 Å². The van der Waals surface area contributed by atoms with E-state index >= 15 is 0 Å². The Morgan fingerprint density at radius 2 is 1.95 bits per heavy atom. The molecule has 0 saturated carbocycles. The number of likely N-dealkylation sites (N-methyl/N-ethyl adjacent to an activating group) is 1. The number of sulfonamides is 1. The molecule has 0 radical (unpaired) electrons. The van der Waals surface area contributed by atoms with Crippen LogP contribution in [0.25, 0.3) is 0 Å². The number of benzene rings is 1. The van der Waals surface area contributed by atoms with E-state index in [0.717, 1.165) is 5.56 Å². The molecule has 118 valence electrons. The molecule has 2 aromatic rings. The van der Waals surface area contributed by atoms with Gasteiger partial charge in [-0.05, 0) is 19.1 Å². The van der Waals surface area contributed by atoms with Crippen LogP contribution in [0.5, 0.6) is 0 Å². The van der Waals surface area contributed by atoms with Crippen LogP contribution in [0, 0.1) is 6.92 Å². The molecule has 1 amide bonds. The van der Waals surface area contributed by atoms with E-state index in [9.17, 15) is 13.2 Å². The highest BCUT2D eigenvalue weighted by Gasteiger charge is 2.17. The van der Waals surface area contributed by atoms with E-state index in [4.69, 9.17) is 4.52 Å². The van der Waals surface area contributed by atoms with Gasteiger partial charge >= 0.3 is 0 Å². The highest BCUT2D eigenvalue weighted by Crippen LogP contribution is 2.09. The minimum Gasteiger partial charge on any atom is -0.360 e. The molecule has 0 atom stereocenters. The summed E-state index contributed by atoms with van der Waals surface area (Å²) in [4.78, 5) is 13.4. The SMILES string of the molecule is Cc1ccc(S(=O)(=O)NCC(=O)N(C)Cc2ccno2)cc1. The van der Waals surface area contributed by atoms with E-state index in [1.54, 1.807) is 25.2 Å². The number of nitrogens with zero attached hydrogens (tertiary/aromatic N) is 2. The molecule has 0 aliphatic rings. The first-order valence-electron chi connectivity index (χ1n) is 6.58. The largest absolute Gasteiger partial charge is 0.360 e. The molecule has 8 heteroatoms. The lowest BCUT2D eigenvalue weighted by Gasteiger charge is -2.15. The average Bonchev–Trinajstić information content (AvgIpc) is 2.98. The molecule has 0 saturated heterocycles. The zero-order chi connectivity index (χ0) is 16.2. The molecule has 0 unspecified atom stereocenters. The van der Waals surface area contributed by atoms with Gasteiger partial charge in [-0.3, -0.25) is 4.79 Å². The Morgan fingerprint density at radius 1 is 1.27 bits per heavy atom. The van der Waals surface area contributed by atoms with E-state index in [-0.39, 0.29) is 23.9 Å². The summed E-state index contributed by atoms with van der Waals surface area (Å²) in [6.07, 6.45) is 1.48. The maximum atomic E-state index is 12.1. The van der Waals surface area contributed by atoms with Gasteiger partial charge in [-0.15, -0.1) is 0 Å². The van der Waals surface area contributed by atoms with Crippen LogP contribution in [0.15, 0.2) is 45.9 Å². The number of aromatic nitrogens is 1. The van der Waals surface area contributed by atoms with E-state index < -0.39 is 10.0 Å². The van der Waals surface area contributed by atoms with Crippen LogP contribution in [-0.2, 0) is 21.4 Å². The van der Waals surface area contributed by atoms with Crippen molar-refractivity contribution in [3.05, 3.63) is 47.9 Å². The van der Waals surface area contributed by atoms with Crippen molar-refractivity contribution in [1.82, 2.24) is 14.8 Å². The lowest BCUT2D eigenvalue weighted by molar-refractivity contribution is -0.129. The van der Waals surface area contributed by atoms with Crippen LogP contribution in [0.4, 0.5) is 0 Å². The molecule has 22 heavy (non-hydrogen) atoms. The van der Waals surface area contributed by atoms with E-state index in [1.807, 2.05) is 6.92 Å². The fraction of sp³-hybridized carbons (Fsp3) is 0.286. The average molecular weight is 323 g/mol. The third kappa shape index (κ3) is 4.15. The number of rotatable bonds is 6. The summed E-state index contributed by atoms with van der Waals surface area (Å²) < 4.78 is 31.3. The van der Waals surface area contributed by atoms with Crippen LogP contribution >= 0.6 is 0 Å². The van der Waals surface area contributed by atoms with E-state index in [0.29, 0.717) is 5.76 Å². The van der Waals surface area contributed by atoms with Crippen LogP contribution in [0.1, 0.15) is 11.3 Å². The number of amides is 1. The number of carbonyl (C=O) groups is 1. The summed E-state index contributed by atoms with van der Waals surface area (Å²) in [6.45, 7) is 1.78. The summed E-state index contributed by atoms with van der Waals surface area (Å²) in [5.74, 6) is 0.157. The molecule has 2 rings (SSSR count). The van der Waals surface area contributed by atoms with Gasteiger partial charge in [0.05, 0.1) is 24.2 Å². The predicted molar refractivity (Wildman–Crippen MR) is 79.3 cm³/mol. The van der Waals surface area contributed by atoms with Gasteiger partial charge in [-0.25, -0.2) is 13.1 Å². The second kappa shape index (κ2) is 6.71. The van der Waals surface area contributed by atoms with Crippen molar-refractivity contribution in [3.8, 4) is 0 Å². The van der Waals surface area contributed by atoms with Gasteiger partial charge in [0, 0.05) is 13.1 Å². The minimum absolute atomic E-state index is 0.129. The highest BCUT2D eigenvalue weighted by molar-refractivity contribution is 7.89. The van der Waals surface area contributed by atoms with Gasteiger partial charge < -0.3 is 9.42 Å². The number of aryl methyl sites for hydroxylation is 1. The first-order valence-corrected chi connectivity index (χ1v) is 8.06. The van der Waals surface area contributed by atoms with Crippen molar-refractivity contribution in [1.29, 1.82) is 0 Å². The number of nitrogens with one attached hydrogen (secondary N) is 1. The number of carbonyl (C=O) groups excluding carboxylic acids is 1. The van der Waals surface area contributed by atoms with Gasteiger partial charge in [0.1, 0.15) is 0 Å². The first-order chi connectivity index (χ1) is 10.4.